The van der Waals surface area contributed by atoms with Gasteiger partial charge in [0.2, 0.25) is 0 Å². The van der Waals surface area contributed by atoms with Crippen molar-refractivity contribution in [3.8, 4) is 0 Å². The summed E-state index contributed by atoms with van der Waals surface area (Å²) in [5.41, 5.74) is 0. The van der Waals surface area contributed by atoms with E-state index in [1.807, 2.05) is 6.20 Å². The summed E-state index contributed by atoms with van der Waals surface area (Å²) in [6, 6.07) is 0. The highest BCUT2D eigenvalue weighted by Crippen LogP contribution is 2.00. The number of hydrogen-bond acceptors (Lipinski definition) is 2. The summed E-state index contributed by atoms with van der Waals surface area (Å²) in [6.45, 7) is 7.30. The topological polar surface area (TPSA) is 29.9 Å². The average molecular weight is 181 g/mol. The zero-order valence-corrected chi connectivity index (χ0v) is 8.58. The molecule has 0 saturated carbocycles. The third-order valence-corrected chi connectivity index (χ3v) is 2.09. The van der Waals surface area contributed by atoms with Gasteiger partial charge in [-0.05, 0) is 13.0 Å². The van der Waals surface area contributed by atoms with Gasteiger partial charge in [-0.1, -0.05) is 20.3 Å². The zero-order valence-electron chi connectivity index (χ0n) is 8.58. The second-order valence-electron chi connectivity index (χ2n) is 3.17. The molecular formula is C10H19N3. The van der Waals surface area contributed by atoms with Gasteiger partial charge < -0.3 is 9.88 Å². The molecule has 1 N–H and O–H groups in total. The van der Waals surface area contributed by atoms with Crippen molar-refractivity contribution in [1.82, 2.24) is 14.9 Å². The Labute approximate surface area is 80.2 Å². The van der Waals surface area contributed by atoms with Gasteiger partial charge in [-0.2, -0.15) is 0 Å². The lowest BCUT2D eigenvalue weighted by Crippen LogP contribution is -2.16. The molecule has 0 aliphatic carbocycles. The lowest BCUT2D eigenvalue weighted by molar-refractivity contribution is 0.577. The normalized spacial score (nSPS) is 10.6. The molecule has 0 fully saturated rings. The number of hydrogen-bond donors (Lipinski definition) is 1. The Bertz CT molecular complexity index is 207. The van der Waals surface area contributed by atoms with Gasteiger partial charge >= 0.3 is 0 Å². The molecule has 0 aliphatic heterocycles. The molecule has 1 heterocycles. The number of rotatable bonds is 6. The molecule has 0 amide bonds. The Morgan fingerprint density at radius 3 is 3.00 bits per heavy atom. The molecule has 0 spiro atoms. The van der Waals surface area contributed by atoms with E-state index < -0.39 is 0 Å². The Morgan fingerprint density at radius 1 is 1.46 bits per heavy atom. The second kappa shape index (κ2) is 5.75. The van der Waals surface area contributed by atoms with E-state index in [4.69, 9.17) is 0 Å². The van der Waals surface area contributed by atoms with Crippen molar-refractivity contribution < 1.29 is 0 Å². The fourth-order valence-corrected chi connectivity index (χ4v) is 1.28. The van der Waals surface area contributed by atoms with Crippen LogP contribution in [-0.2, 0) is 13.1 Å². The number of nitrogens with zero attached hydrogens (tertiary/aromatic N) is 2. The lowest BCUT2D eigenvalue weighted by Gasteiger charge is -2.06. The Morgan fingerprint density at radius 2 is 2.31 bits per heavy atom. The number of imidazole rings is 1. The van der Waals surface area contributed by atoms with Crippen molar-refractivity contribution in [2.75, 3.05) is 6.54 Å². The summed E-state index contributed by atoms with van der Waals surface area (Å²) < 4.78 is 2.23. The maximum absolute atomic E-state index is 4.31. The van der Waals surface area contributed by atoms with Crippen LogP contribution < -0.4 is 5.32 Å². The van der Waals surface area contributed by atoms with E-state index in [1.54, 1.807) is 0 Å². The standard InChI is InChI=1S/C10H19N3/c1-3-5-7-13-8-6-12-10(13)9-11-4-2/h6,8,11H,3-5,7,9H2,1-2H3. The van der Waals surface area contributed by atoms with Gasteiger partial charge in [-0.3, -0.25) is 0 Å². The zero-order chi connectivity index (χ0) is 9.52. The van der Waals surface area contributed by atoms with Crippen LogP contribution in [-0.4, -0.2) is 16.1 Å². The minimum absolute atomic E-state index is 0.882. The van der Waals surface area contributed by atoms with Gasteiger partial charge in [0, 0.05) is 18.9 Å². The summed E-state index contributed by atoms with van der Waals surface area (Å²) in [5, 5.41) is 3.28. The van der Waals surface area contributed by atoms with Crippen molar-refractivity contribution >= 4 is 0 Å². The van der Waals surface area contributed by atoms with Gasteiger partial charge in [-0.25, -0.2) is 4.98 Å². The van der Waals surface area contributed by atoms with Gasteiger partial charge in [0.15, 0.2) is 0 Å². The molecule has 13 heavy (non-hydrogen) atoms. The Kier molecular flexibility index (Phi) is 4.54. The summed E-state index contributed by atoms with van der Waals surface area (Å²) in [5.74, 6) is 1.15. The van der Waals surface area contributed by atoms with Gasteiger partial charge in [0.05, 0.1) is 6.54 Å². The van der Waals surface area contributed by atoms with Crippen molar-refractivity contribution in [3.63, 3.8) is 0 Å². The van der Waals surface area contributed by atoms with Crippen LogP contribution in [0.3, 0.4) is 0 Å². The van der Waals surface area contributed by atoms with Gasteiger partial charge in [-0.15, -0.1) is 0 Å². The van der Waals surface area contributed by atoms with Crippen LogP contribution in [0.1, 0.15) is 32.5 Å². The highest BCUT2D eigenvalue weighted by molar-refractivity contribution is 4.91. The summed E-state index contributed by atoms with van der Waals surface area (Å²) in [6.07, 6.45) is 6.40. The molecule has 1 aromatic rings. The van der Waals surface area contributed by atoms with E-state index in [-0.39, 0.29) is 0 Å². The highest BCUT2D eigenvalue weighted by atomic mass is 15.1. The molecule has 3 heteroatoms. The van der Waals surface area contributed by atoms with Crippen LogP contribution in [0.25, 0.3) is 0 Å². The number of nitrogens with one attached hydrogen (secondary N) is 1. The SMILES string of the molecule is CCCCn1ccnc1CNCC. The predicted molar refractivity (Wildman–Crippen MR) is 54.5 cm³/mol. The molecule has 0 atom stereocenters. The molecular weight excluding hydrogens is 162 g/mol. The van der Waals surface area contributed by atoms with Crippen molar-refractivity contribution in [1.29, 1.82) is 0 Å². The van der Waals surface area contributed by atoms with Crippen molar-refractivity contribution in [3.05, 3.63) is 18.2 Å². The molecule has 3 nitrogen and oxygen atoms in total. The summed E-state index contributed by atoms with van der Waals surface area (Å²) in [7, 11) is 0. The van der Waals surface area contributed by atoms with E-state index in [1.165, 1.54) is 12.8 Å². The minimum atomic E-state index is 0.882. The number of aromatic nitrogens is 2. The van der Waals surface area contributed by atoms with E-state index in [0.717, 1.165) is 25.5 Å². The quantitative estimate of drug-likeness (QED) is 0.725. The largest absolute Gasteiger partial charge is 0.334 e. The fraction of sp³-hybridized carbons (Fsp3) is 0.700. The number of aryl methyl sites for hydroxylation is 1. The molecule has 0 saturated heterocycles. The third kappa shape index (κ3) is 3.19. The van der Waals surface area contributed by atoms with Crippen LogP contribution in [0.5, 0.6) is 0 Å². The lowest BCUT2D eigenvalue weighted by atomic mass is 10.3. The molecule has 0 unspecified atom stereocenters. The predicted octanol–water partition coefficient (Wildman–Crippen LogP) is 1.79. The van der Waals surface area contributed by atoms with Crippen molar-refractivity contribution in [2.24, 2.45) is 0 Å². The summed E-state index contributed by atoms with van der Waals surface area (Å²) >= 11 is 0. The van der Waals surface area contributed by atoms with Gasteiger partial charge in [0.1, 0.15) is 5.82 Å². The molecule has 74 valence electrons. The maximum atomic E-state index is 4.31. The van der Waals surface area contributed by atoms with Crippen molar-refractivity contribution in [2.45, 2.75) is 39.8 Å². The van der Waals surface area contributed by atoms with Crippen LogP contribution in [0.4, 0.5) is 0 Å². The Balaban J connectivity index is 2.45. The molecule has 0 bridgehead atoms. The van der Waals surface area contributed by atoms with Crippen LogP contribution in [0.2, 0.25) is 0 Å². The highest BCUT2D eigenvalue weighted by Gasteiger charge is 1.99. The van der Waals surface area contributed by atoms with E-state index in [9.17, 15) is 0 Å². The van der Waals surface area contributed by atoms with Crippen LogP contribution in [0, 0.1) is 0 Å². The molecule has 0 aromatic carbocycles. The van der Waals surface area contributed by atoms with E-state index >= 15 is 0 Å². The summed E-state index contributed by atoms with van der Waals surface area (Å²) in [4.78, 5) is 4.31. The first-order valence-electron chi connectivity index (χ1n) is 5.09. The first kappa shape index (κ1) is 10.3. The smallest absolute Gasteiger partial charge is 0.122 e. The van der Waals surface area contributed by atoms with Crippen LogP contribution in [0.15, 0.2) is 12.4 Å². The molecule has 1 rings (SSSR count). The van der Waals surface area contributed by atoms with Crippen LogP contribution >= 0.6 is 0 Å². The average Bonchev–Trinajstić information content (AvgIpc) is 2.59. The maximum Gasteiger partial charge on any atom is 0.122 e. The second-order valence-corrected chi connectivity index (χ2v) is 3.17. The van der Waals surface area contributed by atoms with E-state index in [2.05, 4.69) is 34.9 Å². The first-order valence-corrected chi connectivity index (χ1v) is 5.09. The number of unbranched alkanes of at least 4 members (excludes halogenated alkanes) is 1. The molecule has 1 aromatic heterocycles. The first-order chi connectivity index (χ1) is 6.38. The van der Waals surface area contributed by atoms with E-state index in [0.29, 0.717) is 0 Å². The monoisotopic (exact) mass is 181 g/mol. The molecule has 0 radical (unpaired) electrons. The Hall–Kier alpha value is -0.830. The van der Waals surface area contributed by atoms with Gasteiger partial charge in [0.25, 0.3) is 0 Å². The minimum Gasteiger partial charge on any atom is -0.334 e. The fourth-order valence-electron chi connectivity index (χ4n) is 1.28. The third-order valence-electron chi connectivity index (χ3n) is 2.09. The molecule has 0 aliphatic rings.